The Labute approximate surface area is 107 Å². The van der Waals surface area contributed by atoms with Gasteiger partial charge in [0.2, 0.25) is 0 Å². The lowest BCUT2D eigenvalue weighted by Crippen LogP contribution is -2.33. The molecule has 0 saturated heterocycles. The van der Waals surface area contributed by atoms with Gasteiger partial charge in [-0.05, 0) is 37.2 Å². The van der Waals surface area contributed by atoms with Crippen molar-refractivity contribution in [1.29, 1.82) is 0 Å². The van der Waals surface area contributed by atoms with E-state index in [2.05, 4.69) is 29.2 Å². The Hall–Kier alpha value is -1.58. The van der Waals surface area contributed by atoms with E-state index >= 15 is 0 Å². The third-order valence-corrected chi connectivity index (χ3v) is 4.02. The number of nitrogens with zero attached hydrogens (tertiary/aromatic N) is 3. The van der Waals surface area contributed by atoms with Gasteiger partial charge >= 0.3 is 0 Å². The van der Waals surface area contributed by atoms with Gasteiger partial charge in [0.1, 0.15) is 5.82 Å². The highest BCUT2D eigenvalue weighted by Crippen LogP contribution is 2.30. The minimum Gasteiger partial charge on any atom is -0.367 e. The number of anilines is 1. The zero-order valence-electron chi connectivity index (χ0n) is 11.0. The molecule has 0 amide bonds. The van der Waals surface area contributed by atoms with Gasteiger partial charge in [0.05, 0.1) is 6.20 Å². The quantitative estimate of drug-likeness (QED) is 0.883. The fraction of sp³-hybridized carbons (Fsp3) is 0.571. The number of hydrogen-bond acceptors (Lipinski definition) is 3. The Bertz CT molecular complexity index is 533. The van der Waals surface area contributed by atoms with Crippen LogP contribution in [-0.2, 0) is 0 Å². The highest BCUT2D eigenvalue weighted by molar-refractivity contribution is 5.46. The van der Waals surface area contributed by atoms with Crippen molar-refractivity contribution in [2.75, 3.05) is 5.32 Å². The molecule has 3 rings (SSSR count). The van der Waals surface area contributed by atoms with Crippen LogP contribution in [-0.4, -0.2) is 20.6 Å². The SMILES string of the molecule is CC1CCC(Nc2ccn3nccc3n2)C(C)C1. The largest absolute Gasteiger partial charge is 0.367 e. The van der Waals surface area contributed by atoms with Gasteiger partial charge in [-0.25, -0.2) is 9.50 Å². The van der Waals surface area contributed by atoms with Crippen molar-refractivity contribution >= 4 is 11.5 Å². The van der Waals surface area contributed by atoms with E-state index in [0.29, 0.717) is 6.04 Å². The van der Waals surface area contributed by atoms with E-state index in [1.54, 1.807) is 10.7 Å². The molecular formula is C14H20N4. The molecule has 4 heteroatoms. The third kappa shape index (κ3) is 2.19. The summed E-state index contributed by atoms with van der Waals surface area (Å²) < 4.78 is 1.79. The fourth-order valence-electron chi connectivity index (χ4n) is 2.96. The number of fused-ring (bicyclic) bond motifs is 1. The first-order valence-electron chi connectivity index (χ1n) is 6.79. The summed E-state index contributed by atoms with van der Waals surface area (Å²) >= 11 is 0. The first kappa shape index (κ1) is 11.5. The summed E-state index contributed by atoms with van der Waals surface area (Å²) in [6, 6.07) is 4.49. The Morgan fingerprint density at radius 1 is 1.28 bits per heavy atom. The van der Waals surface area contributed by atoms with Gasteiger partial charge in [-0.3, -0.25) is 0 Å². The summed E-state index contributed by atoms with van der Waals surface area (Å²) in [7, 11) is 0. The fourth-order valence-corrected chi connectivity index (χ4v) is 2.96. The van der Waals surface area contributed by atoms with E-state index in [9.17, 15) is 0 Å². The van der Waals surface area contributed by atoms with Crippen LogP contribution in [0.3, 0.4) is 0 Å². The lowest BCUT2D eigenvalue weighted by molar-refractivity contribution is 0.276. The molecule has 0 aliphatic heterocycles. The van der Waals surface area contributed by atoms with Crippen molar-refractivity contribution in [3.8, 4) is 0 Å². The van der Waals surface area contributed by atoms with Crippen LogP contribution in [0, 0.1) is 11.8 Å². The van der Waals surface area contributed by atoms with Crippen molar-refractivity contribution < 1.29 is 0 Å². The maximum atomic E-state index is 4.57. The van der Waals surface area contributed by atoms with Crippen LogP contribution in [0.2, 0.25) is 0 Å². The van der Waals surface area contributed by atoms with Gasteiger partial charge in [0, 0.05) is 18.3 Å². The Kier molecular flexibility index (Phi) is 2.94. The van der Waals surface area contributed by atoms with E-state index < -0.39 is 0 Å². The minimum absolute atomic E-state index is 0.555. The van der Waals surface area contributed by atoms with Crippen LogP contribution in [0.15, 0.2) is 24.5 Å². The molecule has 1 aliphatic rings. The van der Waals surface area contributed by atoms with Crippen LogP contribution in [0.1, 0.15) is 33.1 Å². The standard InChI is InChI=1S/C14H20N4/c1-10-3-4-12(11(2)9-10)16-13-6-8-18-14(17-13)5-7-15-18/h5-8,10-12H,3-4,9H2,1-2H3,(H,16,17). The van der Waals surface area contributed by atoms with E-state index in [1.807, 2.05) is 18.3 Å². The van der Waals surface area contributed by atoms with E-state index in [1.165, 1.54) is 19.3 Å². The molecule has 2 heterocycles. The van der Waals surface area contributed by atoms with Gasteiger partial charge in [-0.15, -0.1) is 0 Å². The molecule has 2 aromatic rings. The summed E-state index contributed by atoms with van der Waals surface area (Å²) in [4.78, 5) is 4.57. The summed E-state index contributed by atoms with van der Waals surface area (Å²) in [6.07, 6.45) is 7.61. The summed E-state index contributed by atoms with van der Waals surface area (Å²) in [5, 5.41) is 7.74. The molecular weight excluding hydrogens is 224 g/mol. The highest BCUT2D eigenvalue weighted by atomic mass is 15.2. The average molecular weight is 244 g/mol. The Morgan fingerprint density at radius 2 is 2.17 bits per heavy atom. The van der Waals surface area contributed by atoms with Gasteiger partial charge < -0.3 is 5.32 Å². The zero-order chi connectivity index (χ0) is 12.5. The van der Waals surface area contributed by atoms with Crippen LogP contribution in [0.4, 0.5) is 5.82 Å². The molecule has 1 fully saturated rings. The zero-order valence-corrected chi connectivity index (χ0v) is 11.0. The molecule has 2 aromatic heterocycles. The first-order valence-corrected chi connectivity index (χ1v) is 6.79. The second-order valence-electron chi connectivity index (χ2n) is 5.59. The molecule has 3 unspecified atom stereocenters. The minimum atomic E-state index is 0.555. The maximum absolute atomic E-state index is 4.57. The Balaban J connectivity index is 1.75. The van der Waals surface area contributed by atoms with Crippen LogP contribution >= 0.6 is 0 Å². The van der Waals surface area contributed by atoms with Gasteiger partial charge in [-0.1, -0.05) is 13.8 Å². The van der Waals surface area contributed by atoms with Crippen molar-refractivity contribution in [3.05, 3.63) is 24.5 Å². The molecule has 1 aliphatic carbocycles. The van der Waals surface area contributed by atoms with Gasteiger partial charge in [0.25, 0.3) is 0 Å². The first-order chi connectivity index (χ1) is 8.72. The molecule has 0 spiro atoms. The Morgan fingerprint density at radius 3 is 3.00 bits per heavy atom. The molecule has 0 radical (unpaired) electrons. The topological polar surface area (TPSA) is 42.2 Å². The van der Waals surface area contributed by atoms with Crippen molar-refractivity contribution in [2.45, 2.75) is 39.2 Å². The molecule has 18 heavy (non-hydrogen) atoms. The molecule has 0 aromatic carbocycles. The van der Waals surface area contributed by atoms with E-state index in [4.69, 9.17) is 0 Å². The number of hydrogen-bond donors (Lipinski definition) is 1. The van der Waals surface area contributed by atoms with E-state index in [-0.39, 0.29) is 0 Å². The predicted molar refractivity (Wildman–Crippen MR) is 72.6 cm³/mol. The average Bonchev–Trinajstić information content (AvgIpc) is 2.80. The van der Waals surface area contributed by atoms with Gasteiger partial charge in [0.15, 0.2) is 5.65 Å². The lowest BCUT2D eigenvalue weighted by Gasteiger charge is -2.33. The highest BCUT2D eigenvalue weighted by Gasteiger charge is 2.25. The summed E-state index contributed by atoms with van der Waals surface area (Å²) in [5.74, 6) is 2.55. The smallest absolute Gasteiger partial charge is 0.157 e. The van der Waals surface area contributed by atoms with Crippen molar-refractivity contribution in [3.63, 3.8) is 0 Å². The monoisotopic (exact) mass is 244 g/mol. The maximum Gasteiger partial charge on any atom is 0.157 e. The van der Waals surface area contributed by atoms with E-state index in [0.717, 1.165) is 23.3 Å². The second-order valence-corrected chi connectivity index (χ2v) is 5.59. The molecule has 3 atom stereocenters. The molecule has 0 bridgehead atoms. The lowest BCUT2D eigenvalue weighted by atomic mass is 9.80. The molecule has 1 N–H and O–H groups in total. The number of aromatic nitrogens is 3. The molecule has 4 nitrogen and oxygen atoms in total. The van der Waals surface area contributed by atoms with Crippen LogP contribution in [0.25, 0.3) is 5.65 Å². The van der Waals surface area contributed by atoms with Crippen molar-refractivity contribution in [2.24, 2.45) is 11.8 Å². The van der Waals surface area contributed by atoms with Crippen molar-refractivity contribution in [1.82, 2.24) is 14.6 Å². The normalized spacial score (nSPS) is 28.4. The number of rotatable bonds is 2. The third-order valence-electron chi connectivity index (χ3n) is 4.02. The molecule has 96 valence electrons. The second kappa shape index (κ2) is 4.59. The van der Waals surface area contributed by atoms with Crippen LogP contribution in [0.5, 0.6) is 0 Å². The predicted octanol–water partition coefficient (Wildman–Crippen LogP) is 2.97. The van der Waals surface area contributed by atoms with Crippen LogP contribution < -0.4 is 5.32 Å². The van der Waals surface area contributed by atoms with Gasteiger partial charge in [-0.2, -0.15) is 5.10 Å². The summed E-state index contributed by atoms with van der Waals surface area (Å²) in [6.45, 7) is 4.69. The molecule has 1 saturated carbocycles. The summed E-state index contributed by atoms with van der Waals surface area (Å²) in [5.41, 5.74) is 0.900. The number of nitrogens with one attached hydrogen (secondary N) is 1.